The van der Waals surface area contributed by atoms with Crippen molar-refractivity contribution in [2.45, 2.75) is 6.92 Å². The van der Waals surface area contributed by atoms with Crippen LogP contribution in [0.5, 0.6) is 0 Å². The highest BCUT2D eigenvalue weighted by Gasteiger charge is 1.85. The van der Waals surface area contributed by atoms with Crippen LogP contribution >= 0.6 is 11.6 Å². The maximum atomic E-state index is 9.00. The van der Waals surface area contributed by atoms with Crippen LogP contribution in [-0.4, -0.2) is 22.8 Å². The van der Waals surface area contributed by atoms with Gasteiger partial charge in [0.15, 0.2) is 0 Å². The molecule has 0 aromatic heterocycles. The standard InChI is InChI=1S/C9H9ClO.C2H4O2/c10-9-5-3-8(4-6-9)2-1-7-11;1-2(3)4/h1-6,11H,7H2;1H3,(H,3,4). The molecule has 0 amide bonds. The zero-order valence-electron chi connectivity index (χ0n) is 8.35. The van der Waals surface area contributed by atoms with E-state index in [9.17, 15) is 0 Å². The number of carboxylic acid groups (broad SMARTS) is 1. The molecule has 0 aliphatic heterocycles. The molecule has 0 aliphatic carbocycles. The molecule has 0 radical (unpaired) electrons. The highest BCUT2D eigenvalue weighted by atomic mass is 35.5. The molecule has 0 spiro atoms. The number of carboxylic acids is 1. The molecule has 0 unspecified atom stereocenters. The maximum Gasteiger partial charge on any atom is 0.300 e. The lowest BCUT2D eigenvalue weighted by atomic mass is 10.2. The largest absolute Gasteiger partial charge is 0.481 e. The molecule has 0 atom stereocenters. The van der Waals surface area contributed by atoms with E-state index in [0.29, 0.717) is 0 Å². The fraction of sp³-hybridized carbons (Fsp3) is 0.182. The van der Waals surface area contributed by atoms with Gasteiger partial charge in [-0.3, -0.25) is 4.79 Å². The van der Waals surface area contributed by atoms with Crippen LogP contribution in [0.3, 0.4) is 0 Å². The molecule has 0 fully saturated rings. The van der Waals surface area contributed by atoms with E-state index < -0.39 is 5.97 Å². The molecule has 15 heavy (non-hydrogen) atoms. The molecule has 3 nitrogen and oxygen atoms in total. The Morgan fingerprint density at radius 3 is 2.27 bits per heavy atom. The van der Waals surface area contributed by atoms with Crippen molar-refractivity contribution >= 4 is 23.6 Å². The number of hydrogen-bond donors (Lipinski definition) is 2. The Balaban J connectivity index is 0.000000423. The molecule has 1 aromatic carbocycles. The van der Waals surface area contributed by atoms with E-state index in [-0.39, 0.29) is 6.61 Å². The highest BCUT2D eigenvalue weighted by molar-refractivity contribution is 6.30. The topological polar surface area (TPSA) is 57.5 Å². The summed E-state index contributed by atoms with van der Waals surface area (Å²) in [6, 6.07) is 7.43. The SMILES string of the molecule is CC(=O)O.OCC=Cc1ccc(Cl)cc1. The number of carbonyl (C=O) groups is 1. The van der Waals surface area contributed by atoms with Crippen LogP contribution in [0.15, 0.2) is 30.3 Å². The predicted octanol–water partition coefficient (Wildman–Crippen LogP) is 2.44. The molecule has 0 bridgehead atoms. The second-order valence-corrected chi connectivity index (χ2v) is 3.09. The summed E-state index contributed by atoms with van der Waals surface area (Å²) < 4.78 is 0. The van der Waals surface area contributed by atoms with Gasteiger partial charge >= 0.3 is 0 Å². The van der Waals surface area contributed by atoms with E-state index in [1.165, 1.54) is 0 Å². The van der Waals surface area contributed by atoms with Gasteiger partial charge in [0.25, 0.3) is 5.97 Å². The first-order valence-corrected chi connectivity index (χ1v) is 4.66. The fourth-order valence-corrected chi connectivity index (χ4v) is 0.889. The van der Waals surface area contributed by atoms with E-state index in [1.54, 1.807) is 6.08 Å². The minimum absolute atomic E-state index is 0.0721. The number of rotatable bonds is 2. The van der Waals surface area contributed by atoms with Crippen LogP contribution in [0.2, 0.25) is 5.02 Å². The van der Waals surface area contributed by atoms with Gasteiger partial charge in [-0.25, -0.2) is 0 Å². The number of aliphatic hydroxyl groups excluding tert-OH is 1. The monoisotopic (exact) mass is 228 g/mol. The zero-order valence-corrected chi connectivity index (χ0v) is 9.11. The van der Waals surface area contributed by atoms with Gasteiger partial charge in [-0.1, -0.05) is 35.9 Å². The third-order valence-electron chi connectivity index (χ3n) is 1.29. The summed E-state index contributed by atoms with van der Waals surface area (Å²) in [6.45, 7) is 1.16. The summed E-state index contributed by atoms with van der Waals surface area (Å²) in [5, 5.41) is 16.6. The van der Waals surface area contributed by atoms with E-state index in [4.69, 9.17) is 26.6 Å². The van der Waals surface area contributed by atoms with Crippen LogP contribution in [0.25, 0.3) is 6.08 Å². The summed E-state index contributed by atoms with van der Waals surface area (Å²) in [5.41, 5.74) is 1.04. The van der Waals surface area contributed by atoms with Gasteiger partial charge in [-0.2, -0.15) is 0 Å². The Morgan fingerprint density at radius 2 is 1.87 bits per heavy atom. The number of benzene rings is 1. The Kier molecular flexibility index (Phi) is 7.32. The van der Waals surface area contributed by atoms with Gasteiger partial charge < -0.3 is 10.2 Å². The number of aliphatic carboxylic acids is 1. The van der Waals surface area contributed by atoms with E-state index in [1.807, 2.05) is 30.3 Å². The minimum atomic E-state index is -0.833. The molecular formula is C11H13ClO3. The van der Waals surface area contributed by atoms with Crippen LogP contribution in [0, 0.1) is 0 Å². The average molecular weight is 229 g/mol. The van der Waals surface area contributed by atoms with Crippen molar-refractivity contribution in [1.29, 1.82) is 0 Å². The third-order valence-corrected chi connectivity index (χ3v) is 1.54. The highest BCUT2D eigenvalue weighted by Crippen LogP contribution is 2.10. The van der Waals surface area contributed by atoms with E-state index in [0.717, 1.165) is 17.5 Å². The molecule has 0 aliphatic rings. The Morgan fingerprint density at radius 1 is 1.40 bits per heavy atom. The Bertz CT molecular complexity index is 313. The van der Waals surface area contributed by atoms with Gasteiger partial charge in [0, 0.05) is 11.9 Å². The molecule has 0 saturated carbocycles. The van der Waals surface area contributed by atoms with Crippen molar-refractivity contribution in [2.75, 3.05) is 6.61 Å². The van der Waals surface area contributed by atoms with Crippen molar-refractivity contribution in [2.24, 2.45) is 0 Å². The smallest absolute Gasteiger partial charge is 0.300 e. The average Bonchev–Trinajstić information content (AvgIpc) is 2.16. The van der Waals surface area contributed by atoms with Gasteiger partial charge in [0.1, 0.15) is 0 Å². The van der Waals surface area contributed by atoms with Crippen LogP contribution in [0.4, 0.5) is 0 Å². The minimum Gasteiger partial charge on any atom is -0.481 e. The van der Waals surface area contributed by atoms with E-state index >= 15 is 0 Å². The van der Waals surface area contributed by atoms with Crippen molar-refractivity contribution in [1.82, 2.24) is 0 Å². The summed E-state index contributed by atoms with van der Waals surface area (Å²) in [4.78, 5) is 9.00. The first-order chi connectivity index (χ1) is 7.06. The summed E-state index contributed by atoms with van der Waals surface area (Å²) in [7, 11) is 0. The number of aliphatic hydroxyl groups is 1. The third kappa shape index (κ3) is 9.00. The lowest BCUT2D eigenvalue weighted by molar-refractivity contribution is -0.134. The molecular weight excluding hydrogens is 216 g/mol. The van der Waals surface area contributed by atoms with Crippen molar-refractivity contribution in [3.8, 4) is 0 Å². The number of halogens is 1. The fourth-order valence-electron chi connectivity index (χ4n) is 0.763. The normalized spacial score (nSPS) is 9.53. The maximum absolute atomic E-state index is 9.00. The van der Waals surface area contributed by atoms with Crippen LogP contribution in [0.1, 0.15) is 12.5 Å². The summed E-state index contributed by atoms with van der Waals surface area (Å²) in [6.07, 6.45) is 3.53. The zero-order chi connectivity index (χ0) is 11.7. The second kappa shape index (κ2) is 8.03. The lowest BCUT2D eigenvalue weighted by Crippen LogP contribution is -1.78. The Hall–Kier alpha value is -1.32. The quantitative estimate of drug-likeness (QED) is 0.818. The van der Waals surface area contributed by atoms with Gasteiger partial charge in [-0.05, 0) is 17.7 Å². The Labute approximate surface area is 93.6 Å². The molecule has 1 aromatic rings. The molecule has 82 valence electrons. The first-order valence-electron chi connectivity index (χ1n) is 4.28. The lowest BCUT2D eigenvalue weighted by Gasteiger charge is -1.91. The molecule has 4 heteroatoms. The van der Waals surface area contributed by atoms with Crippen LogP contribution < -0.4 is 0 Å². The van der Waals surface area contributed by atoms with E-state index in [2.05, 4.69) is 0 Å². The van der Waals surface area contributed by atoms with Crippen molar-refractivity contribution < 1.29 is 15.0 Å². The predicted molar refractivity (Wildman–Crippen MR) is 60.9 cm³/mol. The summed E-state index contributed by atoms with van der Waals surface area (Å²) >= 11 is 5.67. The molecule has 0 saturated heterocycles. The number of hydrogen-bond acceptors (Lipinski definition) is 2. The molecule has 1 rings (SSSR count). The van der Waals surface area contributed by atoms with Gasteiger partial charge in [0.2, 0.25) is 0 Å². The molecule has 2 N–H and O–H groups in total. The van der Waals surface area contributed by atoms with Crippen LogP contribution in [-0.2, 0) is 4.79 Å². The van der Waals surface area contributed by atoms with Gasteiger partial charge in [0.05, 0.1) is 6.61 Å². The molecule has 0 heterocycles. The van der Waals surface area contributed by atoms with Gasteiger partial charge in [-0.15, -0.1) is 0 Å². The van der Waals surface area contributed by atoms with Crippen molar-refractivity contribution in [3.63, 3.8) is 0 Å². The first kappa shape index (κ1) is 13.7. The second-order valence-electron chi connectivity index (χ2n) is 2.66. The summed E-state index contributed by atoms with van der Waals surface area (Å²) in [5.74, 6) is -0.833. The van der Waals surface area contributed by atoms with Crippen molar-refractivity contribution in [3.05, 3.63) is 40.9 Å².